The number of aliphatic carboxylic acids is 1. The molecule has 1 aromatic heterocycles. The van der Waals surface area contributed by atoms with Crippen molar-refractivity contribution in [3.8, 4) is 17.0 Å². The Kier molecular flexibility index (Phi) is 6.08. The maximum atomic E-state index is 10.9. The molecule has 4 fully saturated rings. The van der Waals surface area contributed by atoms with Gasteiger partial charge in [0.15, 0.2) is 0 Å². The number of benzene rings is 2. The molecule has 5 heteroatoms. The van der Waals surface area contributed by atoms with Gasteiger partial charge in [-0.3, -0.25) is 4.98 Å². The van der Waals surface area contributed by atoms with Crippen LogP contribution >= 0.6 is 11.6 Å². The van der Waals surface area contributed by atoms with E-state index < -0.39 is 5.97 Å². The Balaban J connectivity index is 1.38. The molecule has 0 atom stereocenters. The maximum absolute atomic E-state index is 10.9. The van der Waals surface area contributed by atoms with Crippen molar-refractivity contribution in [1.29, 1.82) is 0 Å². The number of rotatable bonds is 7. The lowest BCUT2D eigenvalue weighted by Gasteiger charge is -2.57. The first-order chi connectivity index (χ1) is 17.5. The van der Waals surface area contributed by atoms with E-state index in [2.05, 4.69) is 29.2 Å². The van der Waals surface area contributed by atoms with Crippen LogP contribution in [0.1, 0.15) is 55.2 Å². The summed E-state index contributed by atoms with van der Waals surface area (Å²) in [6, 6.07) is 18.5. The number of hydrogen-bond donors (Lipinski definition) is 1. The van der Waals surface area contributed by atoms with Crippen LogP contribution in [0.4, 0.5) is 0 Å². The quantitative estimate of drug-likeness (QED) is 0.341. The minimum absolute atomic E-state index is 0.160. The minimum Gasteiger partial charge on any atom is -0.489 e. The molecule has 0 saturated heterocycles. The number of nitrogens with zero attached hydrogens (tertiary/aromatic N) is 1. The first-order valence-corrected chi connectivity index (χ1v) is 13.2. The third-order valence-corrected chi connectivity index (χ3v) is 8.67. The molecule has 4 nitrogen and oxygen atoms in total. The van der Waals surface area contributed by atoms with Crippen LogP contribution in [-0.2, 0) is 16.8 Å². The predicted octanol–water partition coefficient (Wildman–Crippen LogP) is 7.55. The monoisotopic (exact) mass is 499 g/mol. The first-order valence-electron chi connectivity index (χ1n) is 12.9. The lowest BCUT2D eigenvalue weighted by atomic mass is 9.48. The van der Waals surface area contributed by atoms with Crippen LogP contribution in [0.3, 0.4) is 0 Å². The smallest absolute Gasteiger partial charge is 0.328 e. The summed E-state index contributed by atoms with van der Waals surface area (Å²) in [6.07, 6.45) is 12.2. The number of halogens is 1. The van der Waals surface area contributed by atoms with E-state index in [1.807, 2.05) is 24.3 Å². The van der Waals surface area contributed by atoms with Crippen molar-refractivity contribution in [2.45, 2.75) is 50.5 Å². The van der Waals surface area contributed by atoms with Gasteiger partial charge < -0.3 is 9.84 Å². The lowest BCUT2D eigenvalue weighted by Crippen LogP contribution is -2.48. The fraction of sp³-hybridized carbons (Fsp3) is 0.355. The maximum Gasteiger partial charge on any atom is 0.328 e. The molecule has 0 radical (unpaired) electrons. The summed E-state index contributed by atoms with van der Waals surface area (Å²) in [5.41, 5.74) is 4.98. The van der Waals surface area contributed by atoms with Gasteiger partial charge in [0.1, 0.15) is 12.4 Å². The van der Waals surface area contributed by atoms with Crippen molar-refractivity contribution in [2.75, 3.05) is 0 Å². The second kappa shape index (κ2) is 9.40. The van der Waals surface area contributed by atoms with E-state index in [-0.39, 0.29) is 5.41 Å². The molecule has 7 rings (SSSR count). The van der Waals surface area contributed by atoms with Crippen molar-refractivity contribution in [3.63, 3.8) is 0 Å². The van der Waals surface area contributed by atoms with Gasteiger partial charge in [0, 0.05) is 23.4 Å². The van der Waals surface area contributed by atoms with Gasteiger partial charge in [-0.2, -0.15) is 0 Å². The molecule has 4 bridgehead atoms. The Morgan fingerprint density at radius 3 is 2.36 bits per heavy atom. The van der Waals surface area contributed by atoms with Gasteiger partial charge in [-0.15, -0.1) is 0 Å². The highest BCUT2D eigenvalue weighted by atomic mass is 35.5. The van der Waals surface area contributed by atoms with Gasteiger partial charge in [-0.25, -0.2) is 4.79 Å². The highest BCUT2D eigenvalue weighted by Gasteiger charge is 2.52. The van der Waals surface area contributed by atoms with Crippen LogP contribution in [0, 0.1) is 17.8 Å². The highest BCUT2D eigenvalue weighted by molar-refractivity contribution is 6.33. The molecule has 4 aliphatic rings. The van der Waals surface area contributed by atoms with E-state index in [1.165, 1.54) is 50.2 Å². The molecule has 4 saturated carbocycles. The van der Waals surface area contributed by atoms with Crippen LogP contribution < -0.4 is 4.74 Å². The number of hydrogen-bond acceptors (Lipinski definition) is 3. The summed E-state index contributed by atoms with van der Waals surface area (Å²) < 4.78 is 6.49. The standard InChI is InChI=1S/C31H30ClNO3/c32-27-13-21(6-9-29(34)35)18-33-30(27)25-7-8-28(36-19-20-4-2-1-3-5-20)26(14-25)31-15-22-10-23(16-31)12-24(11-22)17-31/h1-9,13-14,18,22-24H,10-12,15-17,19H2,(H,34,35)/b9-6+. The van der Waals surface area contributed by atoms with Gasteiger partial charge in [-0.1, -0.05) is 41.9 Å². The average Bonchev–Trinajstić information content (AvgIpc) is 2.86. The van der Waals surface area contributed by atoms with Crippen molar-refractivity contribution >= 4 is 23.6 Å². The molecule has 36 heavy (non-hydrogen) atoms. The number of ether oxygens (including phenoxy) is 1. The number of carboxylic acids is 1. The molecule has 2 aromatic carbocycles. The molecule has 0 amide bonds. The summed E-state index contributed by atoms with van der Waals surface area (Å²) in [7, 11) is 0. The third-order valence-electron chi connectivity index (χ3n) is 8.38. The Hall–Kier alpha value is -3.11. The fourth-order valence-electron chi connectivity index (χ4n) is 7.32. The van der Waals surface area contributed by atoms with E-state index >= 15 is 0 Å². The summed E-state index contributed by atoms with van der Waals surface area (Å²) in [4.78, 5) is 15.5. The van der Waals surface area contributed by atoms with Crippen LogP contribution in [-0.4, -0.2) is 16.1 Å². The third kappa shape index (κ3) is 4.55. The van der Waals surface area contributed by atoms with Crippen molar-refractivity contribution in [3.05, 3.63) is 88.6 Å². The van der Waals surface area contributed by atoms with Gasteiger partial charge in [-0.05, 0) is 103 Å². The minimum atomic E-state index is -0.999. The summed E-state index contributed by atoms with van der Waals surface area (Å²) in [5.74, 6) is 2.44. The summed E-state index contributed by atoms with van der Waals surface area (Å²) in [6.45, 7) is 0.545. The fourth-order valence-corrected chi connectivity index (χ4v) is 7.60. The first kappa shape index (κ1) is 23.3. The average molecular weight is 500 g/mol. The Labute approximate surface area is 217 Å². The van der Waals surface area contributed by atoms with E-state index in [1.54, 1.807) is 12.3 Å². The Morgan fingerprint density at radius 1 is 1.03 bits per heavy atom. The number of aromatic nitrogens is 1. The molecule has 1 N–H and O–H groups in total. The summed E-state index contributed by atoms with van der Waals surface area (Å²) >= 11 is 6.66. The molecular formula is C31H30ClNO3. The molecule has 0 spiro atoms. The molecular weight excluding hydrogens is 470 g/mol. The molecule has 184 valence electrons. The zero-order chi connectivity index (χ0) is 24.7. The van der Waals surface area contributed by atoms with Gasteiger partial charge >= 0.3 is 5.97 Å². The van der Waals surface area contributed by atoms with Gasteiger partial charge in [0.2, 0.25) is 0 Å². The Bertz CT molecular complexity index is 1280. The molecule has 4 aliphatic carbocycles. The van der Waals surface area contributed by atoms with Crippen LogP contribution in [0.5, 0.6) is 5.75 Å². The normalized spacial score (nSPS) is 26.4. The number of carbonyl (C=O) groups is 1. The van der Waals surface area contributed by atoms with Crippen molar-refractivity contribution in [1.82, 2.24) is 4.98 Å². The SMILES string of the molecule is O=C(O)/C=C/c1cnc(-c2ccc(OCc3ccccc3)c(C34CC5CC(CC(C5)C3)C4)c2)c(Cl)c1. The molecule has 0 aliphatic heterocycles. The van der Waals surface area contributed by atoms with Crippen LogP contribution in [0.15, 0.2) is 66.9 Å². The number of carboxylic acid groups (broad SMARTS) is 1. The zero-order valence-electron chi connectivity index (χ0n) is 20.2. The second-order valence-corrected chi connectivity index (χ2v) is 11.4. The zero-order valence-corrected chi connectivity index (χ0v) is 21.0. The molecule has 1 heterocycles. The number of pyridine rings is 1. The van der Waals surface area contributed by atoms with E-state index in [9.17, 15) is 4.79 Å². The van der Waals surface area contributed by atoms with Crippen LogP contribution in [0.25, 0.3) is 17.3 Å². The van der Waals surface area contributed by atoms with Gasteiger partial charge in [0.25, 0.3) is 0 Å². The van der Waals surface area contributed by atoms with E-state index in [4.69, 9.17) is 21.4 Å². The van der Waals surface area contributed by atoms with Gasteiger partial charge in [0.05, 0.1) is 10.7 Å². The molecule has 3 aromatic rings. The predicted molar refractivity (Wildman–Crippen MR) is 142 cm³/mol. The largest absolute Gasteiger partial charge is 0.489 e. The lowest BCUT2D eigenvalue weighted by molar-refractivity contribution is -0.131. The highest BCUT2D eigenvalue weighted by Crippen LogP contribution is 2.62. The summed E-state index contributed by atoms with van der Waals surface area (Å²) in [5, 5.41) is 9.43. The van der Waals surface area contributed by atoms with Crippen molar-refractivity contribution in [2.24, 2.45) is 17.8 Å². The topological polar surface area (TPSA) is 59.4 Å². The molecule has 0 unspecified atom stereocenters. The second-order valence-electron chi connectivity index (χ2n) is 11.0. The van der Waals surface area contributed by atoms with E-state index in [0.717, 1.165) is 40.7 Å². The van der Waals surface area contributed by atoms with Crippen molar-refractivity contribution < 1.29 is 14.6 Å². The van der Waals surface area contributed by atoms with E-state index in [0.29, 0.717) is 22.9 Å². The Morgan fingerprint density at radius 2 is 1.72 bits per heavy atom. The van der Waals surface area contributed by atoms with Crippen LogP contribution in [0.2, 0.25) is 5.02 Å².